The number of halogens is 2. The van der Waals surface area contributed by atoms with E-state index in [9.17, 15) is 9.50 Å². The minimum Gasteiger partial charge on any atom is -0.506 e. The van der Waals surface area contributed by atoms with Gasteiger partial charge in [0.1, 0.15) is 17.3 Å². The zero-order chi connectivity index (χ0) is 10.8. The highest BCUT2D eigenvalue weighted by Gasteiger charge is 2.10. The van der Waals surface area contributed by atoms with Gasteiger partial charge in [-0.3, -0.25) is 4.98 Å². The Morgan fingerprint density at radius 3 is 2.80 bits per heavy atom. The van der Waals surface area contributed by atoms with Gasteiger partial charge in [-0.1, -0.05) is 15.9 Å². The topological polar surface area (TPSA) is 33.1 Å². The maximum absolute atomic E-state index is 13.5. The van der Waals surface area contributed by atoms with Crippen LogP contribution in [0.5, 0.6) is 5.75 Å². The lowest BCUT2D eigenvalue weighted by Crippen LogP contribution is -1.88. The Morgan fingerprint density at radius 2 is 2.07 bits per heavy atom. The van der Waals surface area contributed by atoms with Crippen molar-refractivity contribution < 1.29 is 9.50 Å². The van der Waals surface area contributed by atoms with E-state index in [4.69, 9.17) is 0 Å². The second-order valence-electron chi connectivity index (χ2n) is 3.00. The van der Waals surface area contributed by atoms with Crippen molar-refractivity contribution >= 4 is 15.9 Å². The molecule has 2 rings (SSSR count). The summed E-state index contributed by atoms with van der Waals surface area (Å²) in [5.74, 6) is -0.443. The van der Waals surface area contributed by atoms with Crippen molar-refractivity contribution in [3.8, 4) is 17.0 Å². The summed E-state index contributed by atoms with van der Waals surface area (Å²) in [6, 6.07) is 7.57. The van der Waals surface area contributed by atoms with E-state index in [-0.39, 0.29) is 17.0 Å². The average Bonchev–Trinajstić information content (AvgIpc) is 2.23. The quantitative estimate of drug-likeness (QED) is 0.860. The third-order valence-electron chi connectivity index (χ3n) is 1.97. The molecule has 0 spiro atoms. The summed E-state index contributed by atoms with van der Waals surface area (Å²) in [5, 5.41) is 9.53. The van der Waals surface area contributed by atoms with Crippen molar-refractivity contribution in [3.63, 3.8) is 0 Å². The second-order valence-corrected chi connectivity index (χ2v) is 3.91. The predicted octanol–water partition coefficient (Wildman–Crippen LogP) is 3.36. The van der Waals surface area contributed by atoms with E-state index < -0.39 is 5.82 Å². The Kier molecular flexibility index (Phi) is 2.68. The van der Waals surface area contributed by atoms with Crippen LogP contribution in [0.2, 0.25) is 0 Å². The molecular weight excluding hydrogens is 261 g/mol. The normalized spacial score (nSPS) is 10.3. The van der Waals surface area contributed by atoms with Gasteiger partial charge >= 0.3 is 0 Å². The molecule has 2 aromatic rings. The van der Waals surface area contributed by atoms with Gasteiger partial charge in [0.25, 0.3) is 0 Å². The van der Waals surface area contributed by atoms with Crippen LogP contribution < -0.4 is 0 Å². The molecule has 76 valence electrons. The summed E-state index contributed by atoms with van der Waals surface area (Å²) >= 11 is 3.24. The van der Waals surface area contributed by atoms with Crippen molar-refractivity contribution in [1.82, 2.24) is 4.98 Å². The molecule has 1 heterocycles. The lowest BCUT2D eigenvalue weighted by Gasteiger charge is -2.04. The van der Waals surface area contributed by atoms with Crippen LogP contribution in [-0.2, 0) is 0 Å². The number of benzene rings is 1. The summed E-state index contributed by atoms with van der Waals surface area (Å²) < 4.78 is 14.2. The van der Waals surface area contributed by atoms with E-state index >= 15 is 0 Å². The van der Waals surface area contributed by atoms with Gasteiger partial charge in [-0.2, -0.15) is 0 Å². The fraction of sp³-hybridized carbons (Fsp3) is 0. The van der Waals surface area contributed by atoms with Crippen LogP contribution in [0, 0.1) is 5.82 Å². The summed E-state index contributed by atoms with van der Waals surface area (Å²) in [6.45, 7) is 0. The van der Waals surface area contributed by atoms with Gasteiger partial charge in [0, 0.05) is 16.2 Å². The van der Waals surface area contributed by atoms with Crippen LogP contribution in [0.15, 0.2) is 41.0 Å². The molecule has 0 aliphatic heterocycles. The Balaban J connectivity index is 2.64. The van der Waals surface area contributed by atoms with E-state index in [1.807, 2.05) is 0 Å². The first-order valence-electron chi connectivity index (χ1n) is 4.28. The molecule has 15 heavy (non-hydrogen) atoms. The number of hydrogen-bond donors (Lipinski definition) is 1. The van der Waals surface area contributed by atoms with E-state index in [1.165, 1.54) is 18.3 Å². The van der Waals surface area contributed by atoms with Crippen molar-refractivity contribution in [2.45, 2.75) is 0 Å². The van der Waals surface area contributed by atoms with Gasteiger partial charge in [0.05, 0.1) is 0 Å². The Hall–Kier alpha value is -1.42. The molecule has 0 saturated carbocycles. The molecule has 4 heteroatoms. The number of aromatic nitrogens is 1. The largest absolute Gasteiger partial charge is 0.506 e. The smallest absolute Gasteiger partial charge is 0.141 e. The van der Waals surface area contributed by atoms with Crippen LogP contribution in [0.4, 0.5) is 4.39 Å². The van der Waals surface area contributed by atoms with Crippen molar-refractivity contribution in [1.29, 1.82) is 0 Å². The molecule has 1 aromatic heterocycles. The molecular formula is C11H7BrFNO. The molecule has 2 nitrogen and oxygen atoms in total. The highest BCUT2D eigenvalue weighted by Crippen LogP contribution is 2.30. The fourth-order valence-corrected chi connectivity index (χ4v) is 1.64. The second kappa shape index (κ2) is 3.98. The predicted molar refractivity (Wildman–Crippen MR) is 59.0 cm³/mol. The van der Waals surface area contributed by atoms with Crippen LogP contribution in [0.1, 0.15) is 0 Å². The number of rotatable bonds is 1. The average molecular weight is 268 g/mol. The van der Waals surface area contributed by atoms with Crippen molar-refractivity contribution in [2.75, 3.05) is 0 Å². The van der Waals surface area contributed by atoms with Gasteiger partial charge in [-0.05, 0) is 30.3 Å². The van der Waals surface area contributed by atoms with Gasteiger partial charge in [-0.25, -0.2) is 4.39 Å². The molecule has 0 saturated heterocycles. The molecule has 0 bridgehead atoms. The Bertz CT molecular complexity index is 502. The lowest BCUT2D eigenvalue weighted by molar-refractivity contribution is 0.474. The third kappa shape index (κ3) is 1.99. The summed E-state index contributed by atoms with van der Waals surface area (Å²) in [4.78, 5) is 3.94. The molecule has 0 fully saturated rings. The Morgan fingerprint density at radius 1 is 1.27 bits per heavy atom. The third-order valence-corrected chi connectivity index (χ3v) is 2.46. The Labute approximate surface area is 94.5 Å². The maximum atomic E-state index is 13.5. The SMILES string of the molecule is Oc1cccnc1-c1cc(Br)ccc1F. The number of nitrogens with zero attached hydrogens (tertiary/aromatic N) is 1. The van der Waals surface area contributed by atoms with Crippen molar-refractivity contribution in [2.24, 2.45) is 0 Å². The summed E-state index contributed by atoms with van der Waals surface area (Å²) in [7, 11) is 0. The minimum atomic E-state index is -0.410. The standard InChI is InChI=1S/C11H7BrFNO/c12-7-3-4-9(13)8(6-7)11-10(15)2-1-5-14-11/h1-6,15H. The number of hydrogen-bond acceptors (Lipinski definition) is 2. The molecule has 1 aromatic carbocycles. The van der Waals surface area contributed by atoms with E-state index in [0.717, 1.165) is 4.47 Å². The van der Waals surface area contributed by atoms with E-state index in [0.29, 0.717) is 0 Å². The highest BCUT2D eigenvalue weighted by atomic mass is 79.9. The van der Waals surface area contributed by atoms with Crippen LogP contribution in [0.3, 0.4) is 0 Å². The zero-order valence-electron chi connectivity index (χ0n) is 7.61. The molecule has 0 aliphatic rings. The lowest BCUT2D eigenvalue weighted by atomic mass is 10.1. The van der Waals surface area contributed by atoms with E-state index in [1.54, 1.807) is 18.2 Å². The molecule has 0 aliphatic carbocycles. The molecule has 0 unspecified atom stereocenters. The number of aromatic hydroxyl groups is 1. The molecule has 0 atom stereocenters. The minimum absolute atomic E-state index is 0.0329. The zero-order valence-corrected chi connectivity index (χ0v) is 9.20. The molecule has 1 N–H and O–H groups in total. The monoisotopic (exact) mass is 267 g/mol. The van der Waals surface area contributed by atoms with Gasteiger partial charge in [-0.15, -0.1) is 0 Å². The summed E-state index contributed by atoms with van der Waals surface area (Å²) in [5.41, 5.74) is 0.527. The van der Waals surface area contributed by atoms with Crippen molar-refractivity contribution in [3.05, 3.63) is 46.8 Å². The van der Waals surface area contributed by atoms with Gasteiger partial charge < -0.3 is 5.11 Å². The summed E-state index contributed by atoms with van der Waals surface area (Å²) in [6.07, 6.45) is 1.51. The first-order chi connectivity index (χ1) is 7.18. The first kappa shape index (κ1) is 10.1. The van der Waals surface area contributed by atoms with Crippen LogP contribution >= 0.6 is 15.9 Å². The fourth-order valence-electron chi connectivity index (χ4n) is 1.28. The van der Waals surface area contributed by atoms with Gasteiger partial charge in [0.2, 0.25) is 0 Å². The van der Waals surface area contributed by atoms with Gasteiger partial charge in [0.15, 0.2) is 0 Å². The van der Waals surface area contributed by atoms with Crippen LogP contribution in [-0.4, -0.2) is 10.1 Å². The molecule has 0 radical (unpaired) electrons. The van der Waals surface area contributed by atoms with E-state index in [2.05, 4.69) is 20.9 Å². The maximum Gasteiger partial charge on any atom is 0.141 e. The van der Waals surface area contributed by atoms with Crippen LogP contribution in [0.25, 0.3) is 11.3 Å². The highest BCUT2D eigenvalue weighted by molar-refractivity contribution is 9.10. The first-order valence-corrected chi connectivity index (χ1v) is 5.07. The molecule has 0 amide bonds. The number of pyridine rings is 1.